The molecule has 1 aliphatic rings. The molecule has 0 saturated heterocycles. The molecule has 0 radical (unpaired) electrons. The number of carbonyl (C=O) groups is 1. The number of esters is 1. The molecule has 0 heterocycles. The maximum atomic E-state index is 12.6. The number of oxime groups is 1. The largest absolute Gasteiger partial charge is 0.493 e. The standard InChI is InChI=1S/C22H25NO7S/c1-5-29-22(24)15-12-18-17(10-11-20(27-3)21(18)28-4)19(13-15)23-30-31(25,26)16-8-6-14(2)7-9-16/h6-11,15H,5,12-13H2,1-4H3/b23-19+. The maximum absolute atomic E-state index is 12.6. The van der Waals surface area contributed by atoms with Crippen molar-refractivity contribution in [2.24, 2.45) is 11.1 Å². The summed E-state index contributed by atoms with van der Waals surface area (Å²) in [7, 11) is -1.10. The molecule has 9 heteroatoms. The lowest BCUT2D eigenvalue weighted by Crippen LogP contribution is -2.29. The summed E-state index contributed by atoms with van der Waals surface area (Å²) in [6.07, 6.45) is 0.517. The van der Waals surface area contributed by atoms with Crippen molar-refractivity contribution >= 4 is 21.8 Å². The van der Waals surface area contributed by atoms with E-state index in [1.54, 1.807) is 31.2 Å². The Morgan fingerprint density at radius 1 is 1.06 bits per heavy atom. The summed E-state index contributed by atoms with van der Waals surface area (Å²) in [5.41, 5.74) is 2.55. The third kappa shape index (κ3) is 4.82. The molecular formula is C22H25NO7S. The van der Waals surface area contributed by atoms with Crippen LogP contribution in [0.2, 0.25) is 0 Å². The fourth-order valence-electron chi connectivity index (χ4n) is 3.48. The first kappa shape index (κ1) is 22.6. The zero-order chi connectivity index (χ0) is 22.6. The summed E-state index contributed by atoms with van der Waals surface area (Å²) in [6.45, 7) is 3.82. The van der Waals surface area contributed by atoms with Crippen LogP contribution in [0.3, 0.4) is 0 Å². The quantitative estimate of drug-likeness (QED) is 0.474. The molecule has 2 aromatic rings. The summed E-state index contributed by atoms with van der Waals surface area (Å²) in [6, 6.07) is 9.70. The van der Waals surface area contributed by atoms with Crippen molar-refractivity contribution in [1.29, 1.82) is 0 Å². The van der Waals surface area contributed by atoms with Crippen LogP contribution in [-0.2, 0) is 30.4 Å². The van der Waals surface area contributed by atoms with E-state index in [-0.39, 0.29) is 17.9 Å². The van der Waals surface area contributed by atoms with E-state index in [9.17, 15) is 13.2 Å². The first-order valence-electron chi connectivity index (χ1n) is 9.78. The van der Waals surface area contributed by atoms with E-state index in [4.69, 9.17) is 18.5 Å². The number of aryl methyl sites for hydroxylation is 1. The normalized spacial score (nSPS) is 17.0. The Bertz CT molecular complexity index is 1090. The molecule has 3 rings (SSSR count). The van der Waals surface area contributed by atoms with Crippen LogP contribution in [0.1, 0.15) is 30.0 Å². The van der Waals surface area contributed by atoms with Gasteiger partial charge in [0.1, 0.15) is 4.90 Å². The Morgan fingerprint density at radius 3 is 2.39 bits per heavy atom. The van der Waals surface area contributed by atoms with Crippen molar-refractivity contribution in [1.82, 2.24) is 0 Å². The first-order valence-corrected chi connectivity index (χ1v) is 11.2. The van der Waals surface area contributed by atoms with Crippen molar-refractivity contribution in [3.8, 4) is 11.5 Å². The van der Waals surface area contributed by atoms with Crippen molar-refractivity contribution < 1.29 is 31.7 Å². The van der Waals surface area contributed by atoms with Crippen LogP contribution < -0.4 is 9.47 Å². The Kier molecular flexibility index (Phi) is 6.84. The number of benzene rings is 2. The van der Waals surface area contributed by atoms with E-state index in [2.05, 4.69) is 5.16 Å². The van der Waals surface area contributed by atoms with Gasteiger partial charge < -0.3 is 14.2 Å². The molecule has 0 amide bonds. The molecule has 31 heavy (non-hydrogen) atoms. The minimum Gasteiger partial charge on any atom is -0.493 e. The van der Waals surface area contributed by atoms with E-state index >= 15 is 0 Å². The van der Waals surface area contributed by atoms with Crippen LogP contribution in [0, 0.1) is 12.8 Å². The van der Waals surface area contributed by atoms with Crippen LogP contribution in [0.25, 0.3) is 0 Å². The smallest absolute Gasteiger partial charge is 0.358 e. The van der Waals surface area contributed by atoms with Gasteiger partial charge in [0.15, 0.2) is 11.5 Å². The number of hydrogen-bond acceptors (Lipinski definition) is 8. The predicted molar refractivity (Wildman–Crippen MR) is 114 cm³/mol. The highest BCUT2D eigenvalue weighted by atomic mass is 32.2. The van der Waals surface area contributed by atoms with Gasteiger partial charge in [-0.3, -0.25) is 9.08 Å². The van der Waals surface area contributed by atoms with Gasteiger partial charge in [-0.05, 0) is 44.5 Å². The van der Waals surface area contributed by atoms with Crippen molar-refractivity contribution in [3.63, 3.8) is 0 Å². The van der Waals surface area contributed by atoms with E-state index < -0.39 is 22.0 Å². The first-order chi connectivity index (χ1) is 14.8. The van der Waals surface area contributed by atoms with E-state index in [0.29, 0.717) is 34.8 Å². The summed E-state index contributed by atoms with van der Waals surface area (Å²) < 4.78 is 46.2. The number of fused-ring (bicyclic) bond motifs is 1. The van der Waals surface area contributed by atoms with Crippen LogP contribution in [-0.4, -0.2) is 40.9 Å². The molecule has 0 saturated carbocycles. The van der Waals surface area contributed by atoms with Gasteiger partial charge in [0.2, 0.25) is 0 Å². The maximum Gasteiger partial charge on any atom is 0.358 e. The lowest BCUT2D eigenvalue weighted by atomic mass is 9.82. The topological polar surface area (TPSA) is 100 Å². The van der Waals surface area contributed by atoms with Crippen LogP contribution in [0.5, 0.6) is 11.5 Å². The Balaban J connectivity index is 2.02. The average molecular weight is 448 g/mol. The van der Waals surface area contributed by atoms with E-state index in [1.807, 2.05) is 6.92 Å². The molecule has 1 unspecified atom stereocenters. The van der Waals surface area contributed by atoms with Crippen molar-refractivity contribution in [3.05, 3.63) is 53.1 Å². The Morgan fingerprint density at radius 2 is 1.77 bits per heavy atom. The highest BCUT2D eigenvalue weighted by Crippen LogP contribution is 2.39. The fourth-order valence-corrected chi connectivity index (χ4v) is 4.22. The van der Waals surface area contributed by atoms with Gasteiger partial charge in [-0.1, -0.05) is 22.9 Å². The number of nitrogens with zero attached hydrogens (tertiary/aromatic N) is 1. The number of carbonyl (C=O) groups excluding carboxylic acids is 1. The summed E-state index contributed by atoms with van der Waals surface area (Å²) >= 11 is 0. The van der Waals surface area contributed by atoms with E-state index in [0.717, 1.165) is 5.56 Å². The zero-order valence-corrected chi connectivity index (χ0v) is 18.7. The third-order valence-corrected chi connectivity index (χ3v) is 6.15. The number of methoxy groups -OCH3 is 2. The van der Waals surface area contributed by atoms with Crippen LogP contribution >= 0.6 is 0 Å². The minimum absolute atomic E-state index is 0.00672. The SMILES string of the molecule is CCOC(=O)C1C/C(=N\OS(=O)(=O)c2ccc(C)cc2)c2ccc(OC)c(OC)c2C1. The van der Waals surface area contributed by atoms with Crippen molar-refractivity contribution in [2.45, 2.75) is 31.6 Å². The van der Waals surface area contributed by atoms with Gasteiger partial charge in [0.25, 0.3) is 0 Å². The molecule has 2 aromatic carbocycles. The van der Waals surface area contributed by atoms with Crippen molar-refractivity contribution in [2.75, 3.05) is 20.8 Å². The van der Waals surface area contributed by atoms with Gasteiger partial charge in [0, 0.05) is 17.5 Å². The number of hydrogen-bond donors (Lipinski definition) is 0. The molecule has 0 bridgehead atoms. The van der Waals surface area contributed by atoms with Gasteiger partial charge in [-0.2, -0.15) is 8.42 Å². The number of ether oxygens (including phenoxy) is 3. The molecule has 0 spiro atoms. The lowest BCUT2D eigenvalue weighted by molar-refractivity contribution is -0.147. The molecule has 1 aliphatic carbocycles. The second kappa shape index (κ2) is 9.38. The monoisotopic (exact) mass is 447 g/mol. The summed E-state index contributed by atoms with van der Waals surface area (Å²) in [5, 5.41) is 3.94. The molecule has 8 nitrogen and oxygen atoms in total. The van der Waals surface area contributed by atoms with Crippen LogP contribution in [0.4, 0.5) is 0 Å². The zero-order valence-electron chi connectivity index (χ0n) is 17.9. The third-order valence-electron chi connectivity index (χ3n) is 5.02. The molecule has 0 fully saturated rings. The van der Waals surface area contributed by atoms with E-state index in [1.165, 1.54) is 26.4 Å². The second-order valence-corrected chi connectivity index (χ2v) is 8.59. The minimum atomic E-state index is -4.12. The Hall–Kier alpha value is -3.07. The molecule has 0 N–H and O–H groups in total. The molecule has 1 atom stereocenters. The second-order valence-electron chi connectivity index (χ2n) is 7.06. The molecular weight excluding hydrogens is 422 g/mol. The predicted octanol–water partition coefficient (Wildman–Crippen LogP) is 3.25. The van der Waals surface area contributed by atoms with Gasteiger partial charge in [-0.25, -0.2) is 0 Å². The van der Waals surface area contributed by atoms with Gasteiger partial charge in [0.05, 0.1) is 32.5 Å². The molecule has 0 aliphatic heterocycles. The number of rotatable bonds is 7. The lowest BCUT2D eigenvalue weighted by Gasteiger charge is -2.26. The molecule has 0 aromatic heterocycles. The average Bonchev–Trinajstić information content (AvgIpc) is 2.76. The highest BCUT2D eigenvalue weighted by Gasteiger charge is 2.33. The summed E-state index contributed by atoms with van der Waals surface area (Å²) in [5.74, 6) is 0.00592. The fraction of sp³-hybridized carbons (Fsp3) is 0.364. The van der Waals surface area contributed by atoms with Gasteiger partial charge in [-0.15, -0.1) is 0 Å². The molecule has 166 valence electrons. The van der Waals surface area contributed by atoms with Crippen LogP contribution in [0.15, 0.2) is 46.4 Å². The summed E-state index contributed by atoms with van der Waals surface area (Å²) in [4.78, 5) is 12.4. The Labute approximate surface area is 181 Å². The highest BCUT2D eigenvalue weighted by molar-refractivity contribution is 7.86. The van der Waals surface area contributed by atoms with Gasteiger partial charge >= 0.3 is 16.1 Å².